The lowest BCUT2D eigenvalue weighted by Crippen LogP contribution is -2.33. The van der Waals surface area contributed by atoms with Crippen LogP contribution >= 0.6 is 0 Å². The Morgan fingerprint density at radius 2 is 2.14 bits per heavy atom. The fourth-order valence-corrected chi connectivity index (χ4v) is 3.18. The summed E-state index contributed by atoms with van der Waals surface area (Å²) < 4.78 is 14.3. The van der Waals surface area contributed by atoms with Crippen molar-refractivity contribution in [2.75, 3.05) is 17.3 Å². The molecule has 0 bridgehead atoms. The van der Waals surface area contributed by atoms with E-state index in [9.17, 15) is 4.39 Å². The molecule has 4 aromatic heterocycles. The summed E-state index contributed by atoms with van der Waals surface area (Å²) in [5.74, 6) is 0.783. The van der Waals surface area contributed by atoms with Crippen molar-refractivity contribution in [1.29, 1.82) is 0 Å². The van der Waals surface area contributed by atoms with Crippen molar-refractivity contribution >= 4 is 28.6 Å². The zero-order valence-corrected chi connectivity index (χ0v) is 15.7. The van der Waals surface area contributed by atoms with E-state index in [1.807, 2.05) is 30.5 Å². The third-order valence-electron chi connectivity index (χ3n) is 5.05. The number of fused-ring (bicyclic) bond motifs is 1. The van der Waals surface area contributed by atoms with Gasteiger partial charge in [-0.15, -0.1) is 0 Å². The molecule has 0 saturated heterocycles. The molecule has 5 N–H and O–H groups in total. The number of pyridine rings is 1. The van der Waals surface area contributed by atoms with Gasteiger partial charge in [-0.1, -0.05) is 0 Å². The summed E-state index contributed by atoms with van der Waals surface area (Å²) in [5, 5.41) is 10.1. The van der Waals surface area contributed by atoms with Gasteiger partial charge in [-0.25, -0.2) is 14.4 Å². The minimum absolute atomic E-state index is 0.0388. The quantitative estimate of drug-likeness (QED) is 0.371. The number of rotatable bonds is 6. The molecular formula is C19H20FN9. The van der Waals surface area contributed by atoms with E-state index in [0.717, 1.165) is 35.8 Å². The van der Waals surface area contributed by atoms with Gasteiger partial charge in [-0.2, -0.15) is 10.1 Å². The summed E-state index contributed by atoms with van der Waals surface area (Å²) in [6.45, 7) is 0. The summed E-state index contributed by atoms with van der Waals surface area (Å²) in [4.78, 5) is 17.7. The van der Waals surface area contributed by atoms with E-state index in [4.69, 9.17) is 5.73 Å². The molecule has 4 heterocycles. The smallest absolute Gasteiger partial charge is 0.228 e. The van der Waals surface area contributed by atoms with Crippen LogP contribution in [0.5, 0.6) is 0 Å². The number of nitrogens with zero attached hydrogens (tertiary/aromatic N) is 5. The maximum absolute atomic E-state index is 14.3. The number of anilines is 3. The monoisotopic (exact) mass is 393 g/mol. The number of nitrogens with two attached hydrogens (primary N) is 1. The molecule has 1 aliphatic rings. The van der Waals surface area contributed by atoms with Crippen molar-refractivity contribution in [3.05, 3.63) is 53.9 Å². The second-order valence-electron chi connectivity index (χ2n) is 7.18. The zero-order chi connectivity index (χ0) is 20.0. The van der Waals surface area contributed by atoms with Gasteiger partial charge in [0.05, 0.1) is 22.9 Å². The van der Waals surface area contributed by atoms with Crippen LogP contribution in [0.2, 0.25) is 0 Å². The SMILES string of the molecule is CN(c1ncc(F)c(Nc2cc(C3CC3)[nH]n2)n1)C(N)c1ccc2[nH]ccc2n1. The largest absolute Gasteiger partial charge is 0.360 e. The van der Waals surface area contributed by atoms with Crippen LogP contribution in [0, 0.1) is 5.82 Å². The minimum Gasteiger partial charge on any atom is -0.360 e. The van der Waals surface area contributed by atoms with Gasteiger partial charge in [0.25, 0.3) is 0 Å². The molecule has 1 saturated carbocycles. The Labute approximate surface area is 165 Å². The highest BCUT2D eigenvalue weighted by Crippen LogP contribution is 2.39. The molecule has 4 aromatic rings. The van der Waals surface area contributed by atoms with Gasteiger partial charge in [0.15, 0.2) is 17.5 Å². The third-order valence-corrected chi connectivity index (χ3v) is 5.05. The van der Waals surface area contributed by atoms with Crippen molar-refractivity contribution < 1.29 is 4.39 Å². The Balaban J connectivity index is 1.38. The maximum atomic E-state index is 14.3. The van der Waals surface area contributed by atoms with Gasteiger partial charge in [0, 0.05) is 30.9 Å². The van der Waals surface area contributed by atoms with E-state index < -0.39 is 12.0 Å². The van der Waals surface area contributed by atoms with Crippen LogP contribution in [-0.4, -0.2) is 37.2 Å². The topological polar surface area (TPSA) is 124 Å². The first-order valence-corrected chi connectivity index (χ1v) is 9.36. The van der Waals surface area contributed by atoms with Gasteiger partial charge < -0.3 is 20.9 Å². The Morgan fingerprint density at radius 1 is 1.28 bits per heavy atom. The second-order valence-corrected chi connectivity index (χ2v) is 7.18. The molecule has 0 aliphatic heterocycles. The van der Waals surface area contributed by atoms with E-state index in [1.54, 1.807) is 11.9 Å². The Bertz CT molecular complexity index is 1160. The van der Waals surface area contributed by atoms with Crippen molar-refractivity contribution in [3.63, 3.8) is 0 Å². The molecule has 1 atom stereocenters. The fourth-order valence-electron chi connectivity index (χ4n) is 3.18. The molecule has 0 spiro atoms. The molecule has 5 rings (SSSR count). The number of hydrogen-bond acceptors (Lipinski definition) is 7. The average Bonchev–Trinajstić information content (AvgIpc) is 3.29. The summed E-state index contributed by atoms with van der Waals surface area (Å²) >= 11 is 0. The molecule has 0 radical (unpaired) electrons. The lowest BCUT2D eigenvalue weighted by atomic mass is 10.2. The van der Waals surface area contributed by atoms with Crippen molar-refractivity contribution in [3.8, 4) is 0 Å². The molecule has 29 heavy (non-hydrogen) atoms. The maximum Gasteiger partial charge on any atom is 0.228 e. The van der Waals surface area contributed by atoms with E-state index in [2.05, 4.69) is 35.5 Å². The molecule has 1 unspecified atom stereocenters. The second kappa shape index (κ2) is 6.82. The molecule has 0 aromatic carbocycles. The molecule has 0 amide bonds. The van der Waals surface area contributed by atoms with E-state index >= 15 is 0 Å². The average molecular weight is 393 g/mol. The van der Waals surface area contributed by atoms with E-state index in [-0.39, 0.29) is 11.8 Å². The number of nitrogens with one attached hydrogen (secondary N) is 3. The highest BCUT2D eigenvalue weighted by molar-refractivity contribution is 5.74. The van der Waals surface area contributed by atoms with Crippen LogP contribution in [0.3, 0.4) is 0 Å². The minimum atomic E-state index is -0.598. The highest BCUT2D eigenvalue weighted by Gasteiger charge is 2.26. The van der Waals surface area contributed by atoms with Gasteiger partial charge in [0.2, 0.25) is 5.95 Å². The number of aromatic nitrogens is 6. The first kappa shape index (κ1) is 17.6. The zero-order valence-electron chi connectivity index (χ0n) is 15.7. The fraction of sp³-hybridized carbons (Fsp3) is 0.263. The third kappa shape index (κ3) is 3.38. The van der Waals surface area contributed by atoms with E-state index in [1.165, 1.54) is 0 Å². The molecular weight excluding hydrogens is 373 g/mol. The molecule has 1 fully saturated rings. The molecule has 10 heteroatoms. The number of H-pyrrole nitrogens is 2. The predicted molar refractivity (Wildman–Crippen MR) is 107 cm³/mol. The molecule has 1 aliphatic carbocycles. The van der Waals surface area contributed by atoms with Gasteiger partial charge in [-0.3, -0.25) is 5.10 Å². The van der Waals surface area contributed by atoms with Crippen molar-refractivity contribution in [2.45, 2.75) is 24.9 Å². The first-order chi connectivity index (χ1) is 14.1. The number of hydrogen-bond donors (Lipinski definition) is 4. The summed E-state index contributed by atoms with van der Waals surface area (Å²) in [6, 6.07) is 7.51. The summed E-state index contributed by atoms with van der Waals surface area (Å²) in [5.41, 5.74) is 9.81. The van der Waals surface area contributed by atoms with Crippen LogP contribution in [-0.2, 0) is 0 Å². The van der Waals surface area contributed by atoms with Crippen LogP contribution in [0.25, 0.3) is 11.0 Å². The Kier molecular flexibility index (Phi) is 4.13. The van der Waals surface area contributed by atoms with Gasteiger partial charge in [-0.05, 0) is 31.0 Å². The lowest BCUT2D eigenvalue weighted by Gasteiger charge is -2.24. The molecule has 9 nitrogen and oxygen atoms in total. The van der Waals surface area contributed by atoms with Gasteiger partial charge in [0.1, 0.15) is 6.17 Å². The number of aromatic amines is 2. The van der Waals surface area contributed by atoms with Crippen LogP contribution in [0.4, 0.5) is 22.0 Å². The Hall–Kier alpha value is -3.53. The van der Waals surface area contributed by atoms with Crippen molar-refractivity contribution in [2.24, 2.45) is 5.73 Å². The lowest BCUT2D eigenvalue weighted by molar-refractivity contribution is 0.611. The van der Waals surface area contributed by atoms with Crippen LogP contribution < -0.4 is 16.0 Å². The standard InChI is InChI=1S/C19H20FN9/c1-29(17(21)14-5-4-12-13(24-14)6-7-22-12)19-23-9-11(20)18(26-19)25-16-8-15(27-28-16)10-2-3-10/h4-10,17,22H,2-3,21H2,1H3,(H2,23,25,26,27,28). The van der Waals surface area contributed by atoms with Crippen molar-refractivity contribution in [1.82, 2.24) is 30.1 Å². The number of halogens is 1. The normalized spacial score (nSPS) is 14.9. The summed E-state index contributed by atoms with van der Waals surface area (Å²) in [7, 11) is 1.74. The summed E-state index contributed by atoms with van der Waals surface area (Å²) in [6.07, 6.45) is 4.64. The Morgan fingerprint density at radius 3 is 2.97 bits per heavy atom. The van der Waals surface area contributed by atoms with Crippen LogP contribution in [0.15, 0.2) is 36.7 Å². The van der Waals surface area contributed by atoms with Crippen LogP contribution in [0.1, 0.15) is 36.3 Å². The van der Waals surface area contributed by atoms with E-state index in [0.29, 0.717) is 17.4 Å². The predicted octanol–water partition coefficient (Wildman–Crippen LogP) is 2.93. The first-order valence-electron chi connectivity index (χ1n) is 9.36. The molecule has 148 valence electrons. The van der Waals surface area contributed by atoms with Gasteiger partial charge >= 0.3 is 0 Å². The highest BCUT2D eigenvalue weighted by atomic mass is 19.1.